The van der Waals surface area contributed by atoms with Gasteiger partial charge in [0, 0.05) is 10.9 Å². The fourth-order valence-corrected chi connectivity index (χ4v) is 3.97. The highest BCUT2D eigenvalue weighted by Gasteiger charge is 2.30. The molecule has 2 heterocycles. The molecule has 2 aromatic carbocycles. The van der Waals surface area contributed by atoms with E-state index in [9.17, 15) is 9.59 Å². The summed E-state index contributed by atoms with van der Waals surface area (Å²) in [4.78, 5) is 26.4. The average Bonchev–Trinajstić information content (AvgIpc) is 3.15. The van der Waals surface area contributed by atoms with Crippen LogP contribution in [-0.4, -0.2) is 34.8 Å². The molecule has 24 heavy (non-hydrogen) atoms. The standard InChI is InChI=1S/C16H12N4O2S2/c1-23-16-19-18-15(24-16)17-12(21)8-20-11-7-3-5-9-4-2-6-10(13(9)11)14(20)22/h2-7H,8H2,1H3,(H,17,18,21). The summed E-state index contributed by atoms with van der Waals surface area (Å²) in [7, 11) is 0. The van der Waals surface area contributed by atoms with Crippen LogP contribution in [-0.2, 0) is 4.79 Å². The zero-order chi connectivity index (χ0) is 16.7. The monoisotopic (exact) mass is 356 g/mol. The van der Waals surface area contributed by atoms with Crippen molar-refractivity contribution in [2.75, 3.05) is 23.0 Å². The van der Waals surface area contributed by atoms with Gasteiger partial charge in [-0.15, -0.1) is 10.2 Å². The van der Waals surface area contributed by atoms with Crippen molar-refractivity contribution in [3.63, 3.8) is 0 Å². The third kappa shape index (κ3) is 2.44. The Hall–Kier alpha value is -2.45. The number of thioether (sulfide) groups is 1. The summed E-state index contributed by atoms with van der Waals surface area (Å²) in [6.45, 7) is -0.0548. The molecular weight excluding hydrogens is 344 g/mol. The van der Waals surface area contributed by atoms with Gasteiger partial charge < -0.3 is 0 Å². The number of carbonyl (C=O) groups is 2. The molecule has 0 fully saturated rings. The number of amides is 2. The van der Waals surface area contributed by atoms with Gasteiger partial charge in [0.25, 0.3) is 5.91 Å². The minimum absolute atomic E-state index is 0.0548. The number of anilines is 2. The lowest BCUT2D eigenvalue weighted by Crippen LogP contribution is -2.35. The molecular formula is C16H12N4O2S2. The predicted molar refractivity (Wildman–Crippen MR) is 95.9 cm³/mol. The number of hydrogen-bond donors (Lipinski definition) is 1. The minimum Gasteiger partial charge on any atom is -0.299 e. The van der Waals surface area contributed by atoms with Crippen LogP contribution in [0, 0.1) is 0 Å². The van der Waals surface area contributed by atoms with Crippen molar-refractivity contribution in [1.82, 2.24) is 10.2 Å². The highest BCUT2D eigenvalue weighted by molar-refractivity contribution is 8.00. The number of nitrogens with zero attached hydrogens (tertiary/aromatic N) is 3. The van der Waals surface area contributed by atoms with Crippen molar-refractivity contribution in [2.45, 2.75) is 4.34 Å². The number of carbonyl (C=O) groups excluding carboxylic acids is 2. The molecule has 0 aliphatic carbocycles. The highest BCUT2D eigenvalue weighted by atomic mass is 32.2. The van der Waals surface area contributed by atoms with E-state index in [2.05, 4.69) is 15.5 Å². The SMILES string of the molecule is CSc1nnc(NC(=O)CN2C(=O)c3cccc4cccc2c34)s1. The van der Waals surface area contributed by atoms with Crippen LogP contribution in [0.25, 0.3) is 10.8 Å². The summed E-state index contributed by atoms with van der Waals surface area (Å²) in [5.74, 6) is -0.448. The maximum Gasteiger partial charge on any atom is 0.259 e. The topological polar surface area (TPSA) is 75.2 Å². The summed E-state index contributed by atoms with van der Waals surface area (Å²) in [6, 6.07) is 11.3. The fourth-order valence-electron chi connectivity index (χ4n) is 2.78. The molecule has 1 aromatic heterocycles. The first-order valence-electron chi connectivity index (χ1n) is 7.18. The Kier molecular flexibility index (Phi) is 3.70. The zero-order valence-electron chi connectivity index (χ0n) is 12.6. The number of nitrogens with one attached hydrogen (secondary N) is 1. The van der Waals surface area contributed by atoms with Crippen molar-refractivity contribution < 1.29 is 9.59 Å². The van der Waals surface area contributed by atoms with E-state index < -0.39 is 0 Å². The number of benzene rings is 2. The normalized spacial score (nSPS) is 12.9. The van der Waals surface area contributed by atoms with Crippen molar-refractivity contribution in [3.05, 3.63) is 42.0 Å². The first-order chi connectivity index (χ1) is 11.7. The Morgan fingerprint density at radius 2 is 2.04 bits per heavy atom. The highest BCUT2D eigenvalue weighted by Crippen LogP contribution is 2.37. The zero-order valence-corrected chi connectivity index (χ0v) is 14.3. The number of rotatable bonds is 4. The van der Waals surface area contributed by atoms with E-state index >= 15 is 0 Å². The second-order valence-corrected chi connectivity index (χ2v) is 7.23. The van der Waals surface area contributed by atoms with E-state index in [0.717, 1.165) is 20.8 Å². The molecule has 0 saturated heterocycles. The van der Waals surface area contributed by atoms with E-state index in [1.165, 1.54) is 28.0 Å². The van der Waals surface area contributed by atoms with Gasteiger partial charge in [-0.25, -0.2) is 0 Å². The van der Waals surface area contributed by atoms with Gasteiger partial charge >= 0.3 is 0 Å². The average molecular weight is 356 g/mol. The Morgan fingerprint density at radius 1 is 1.25 bits per heavy atom. The third-order valence-corrected chi connectivity index (χ3v) is 5.59. The summed E-state index contributed by atoms with van der Waals surface area (Å²) in [5.41, 5.74) is 1.40. The van der Waals surface area contributed by atoms with Gasteiger partial charge in [-0.3, -0.25) is 19.8 Å². The first-order valence-corrected chi connectivity index (χ1v) is 9.22. The molecule has 0 radical (unpaired) electrons. The van der Waals surface area contributed by atoms with Gasteiger partial charge in [0.1, 0.15) is 6.54 Å². The Labute approximate surface area is 145 Å². The quantitative estimate of drug-likeness (QED) is 0.574. The van der Waals surface area contributed by atoms with E-state index in [-0.39, 0.29) is 18.4 Å². The molecule has 1 N–H and O–H groups in total. The summed E-state index contributed by atoms with van der Waals surface area (Å²) in [6.07, 6.45) is 1.90. The van der Waals surface area contributed by atoms with Gasteiger partial charge in [-0.05, 0) is 23.8 Å². The molecule has 0 atom stereocenters. The molecule has 6 nitrogen and oxygen atoms in total. The lowest BCUT2D eigenvalue weighted by atomic mass is 10.1. The second kappa shape index (κ2) is 5.88. The lowest BCUT2D eigenvalue weighted by molar-refractivity contribution is -0.114. The van der Waals surface area contributed by atoms with E-state index in [1.807, 2.05) is 36.6 Å². The van der Waals surface area contributed by atoms with Crippen LogP contribution in [0.2, 0.25) is 0 Å². The van der Waals surface area contributed by atoms with E-state index in [4.69, 9.17) is 0 Å². The predicted octanol–water partition coefficient (Wildman–Crippen LogP) is 3.01. The molecule has 2 amide bonds. The molecule has 4 rings (SSSR count). The maximum absolute atomic E-state index is 12.6. The van der Waals surface area contributed by atoms with Crippen LogP contribution in [0.4, 0.5) is 10.8 Å². The molecule has 8 heteroatoms. The first kappa shape index (κ1) is 15.1. The Balaban J connectivity index is 1.58. The summed E-state index contributed by atoms with van der Waals surface area (Å²) in [5, 5.41) is 12.9. The molecule has 1 aliphatic rings. The minimum atomic E-state index is -0.294. The van der Waals surface area contributed by atoms with E-state index in [0.29, 0.717) is 10.7 Å². The third-order valence-electron chi connectivity index (χ3n) is 3.78. The molecule has 1 aliphatic heterocycles. The van der Waals surface area contributed by atoms with E-state index in [1.54, 1.807) is 6.07 Å². The van der Waals surface area contributed by atoms with Gasteiger partial charge in [-0.2, -0.15) is 0 Å². The molecule has 0 saturated carbocycles. The van der Waals surface area contributed by atoms with Crippen LogP contribution < -0.4 is 10.2 Å². The summed E-state index contributed by atoms with van der Waals surface area (Å²) < 4.78 is 0.778. The van der Waals surface area contributed by atoms with Crippen molar-refractivity contribution in [3.8, 4) is 0 Å². The van der Waals surface area contributed by atoms with Gasteiger partial charge in [0.2, 0.25) is 11.0 Å². The Bertz CT molecular complexity index is 964. The molecule has 0 spiro atoms. The van der Waals surface area contributed by atoms with Crippen LogP contribution in [0.3, 0.4) is 0 Å². The van der Waals surface area contributed by atoms with Crippen molar-refractivity contribution in [2.24, 2.45) is 0 Å². The summed E-state index contributed by atoms with van der Waals surface area (Å²) >= 11 is 2.77. The van der Waals surface area contributed by atoms with Crippen LogP contribution in [0.1, 0.15) is 10.4 Å². The van der Waals surface area contributed by atoms with Crippen molar-refractivity contribution in [1.29, 1.82) is 0 Å². The van der Waals surface area contributed by atoms with Gasteiger partial charge in [-0.1, -0.05) is 47.4 Å². The molecule has 3 aromatic rings. The van der Waals surface area contributed by atoms with Gasteiger partial charge in [0.05, 0.1) is 5.69 Å². The Morgan fingerprint density at radius 3 is 2.79 bits per heavy atom. The van der Waals surface area contributed by atoms with Crippen LogP contribution in [0.15, 0.2) is 40.7 Å². The van der Waals surface area contributed by atoms with Crippen LogP contribution in [0.5, 0.6) is 0 Å². The molecule has 120 valence electrons. The second-order valence-electron chi connectivity index (χ2n) is 5.20. The largest absolute Gasteiger partial charge is 0.299 e. The molecule has 0 bridgehead atoms. The van der Waals surface area contributed by atoms with Gasteiger partial charge in [0.15, 0.2) is 4.34 Å². The fraction of sp³-hybridized carbons (Fsp3) is 0.125. The molecule has 0 unspecified atom stereocenters. The number of aromatic nitrogens is 2. The maximum atomic E-state index is 12.6. The lowest BCUT2D eigenvalue weighted by Gasteiger charge is -2.16. The van der Waals surface area contributed by atoms with Crippen molar-refractivity contribution >= 4 is 56.5 Å². The smallest absolute Gasteiger partial charge is 0.259 e. The van der Waals surface area contributed by atoms with Crippen LogP contribution >= 0.6 is 23.1 Å². The number of hydrogen-bond acceptors (Lipinski definition) is 6.